The molecule has 0 saturated carbocycles. The number of carbonyl (C=O) groups is 1. The van der Waals surface area contributed by atoms with Gasteiger partial charge in [-0.2, -0.15) is 0 Å². The highest BCUT2D eigenvalue weighted by Gasteiger charge is 2.23. The second kappa shape index (κ2) is 14.0. The Balaban J connectivity index is 0.00000187. The van der Waals surface area contributed by atoms with Gasteiger partial charge in [0, 0.05) is 38.4 Å². The maximum atomic E-state index is 12.0. The summed E-state index contributed by atoms with van der Waals surface area (Å²) >= 11 is 3.59. The minimum absolute atomic E-state index is 0.0109. The van der Waals surface area contributed by atoms with Gasteiger partial charge in [-0.15, -0.1) is 0 Å². The van der Waals surface area contributed by atoms with Gasteiger partial charge in [-0.25, -0.2) is 0 Å². The van der Waals surface area contributed by atoms with Gasteiger partial charge in [0.05, 0.1) is 10.2 Å². The molecule has 1 unspecified atom stereocenters. The molecule has 1 fully saturated rings. The van der Waals surface area contributed by atoms with Gasteiger partial charge in [0.15, 0.2) is 0 Å². The van der Waals surface area contributed by atoms with Gasteiger partial charge in [0.1, 0.15) is 17.8 Å². The first-order valence-corrected chi connectivity index (χ1v) is 12.5. The van der Waals surface area contributed by atoms with Gasteiger partial charge in [-0.05, 0) is 54.1 Å². The number of rotatable bonds is 8. The Morgan fingerprint density at radius 1 is 1.36 bits per heavy atom. The summed E-state index contributed by atoms with van der Waals surface area (Å²) in [6.45, 7) is 12.0. The number of allylic oxidation sites excluding steroid dienone is 2. The summed E-state index contributed by atoms with van der Waals surface area (Å²) in [5.74, 6) is 1.80. The second-order valence-electron chi connectivity index (χ2n) is 7.70. The smallest absolute Gasteiger partial charge is 0.249 e. The van der Waals surface area contributed by atoms with E-state index in [0.29, 0.717) is 19.7 Å². The van der Waals surface area contributed by atoms with E-state index in [1.54, 1.807) is 6.08 Å². The van der Waals surface area contributed by atoms with Crippen molar-refractivity contribution in [2.24, 2.45) is 4.99 Å². The number of aryl methyl sites for hydroxylation is 1. The maximum Gasteiger partial charge on any atom is 0.249 e. The summed E-state index contributed by atoms with van der Waals surface area (Å²) in [6.07, 6.45) is 7.15. The highest BCUT2D eigenvalue weighted by Crippen LogP contribution is 2.26. The van der Waals surface area contributed by atoms with E-state index in [0.717, 1.165) is 53.1 Å². The Labute approximate surface area is 207 Å². The van der Waals surface area contributed by atoms with Crippen LogP contribution < -0.4 is 10.6 Å². The Hall–Kier alpha value is -2.38. The number of nitrogens with one attached hydrogen (secondary N) is 2. The quantitative estimate of drug-likeness (QED) is 0.470. The Kier molecular flexibility index (Phi) is 11.4. The third-order valence-electron chi connectivity index (χ3n) is 5.43. The first kappa shape index (κ1) is 26.9. The largest absolute Gasteiger partial charge is 0.368 e. The van der Waals surface area contributed by atoms with Crippen LogP contribution in [0.2, 0.25) is 0 Å². The maximum absolute atomic E-state index is 12.0. The molecule has 1 aromatic rings. The molecule has 33 heavy (non-hydrogen) atoms. The molecule has 0 aromatic heterocycles. The molecule has 2 heterocycles. The van der Waals surface area contributed by atoms with Crippen LogP contribution in [-0.4, -0.2) is 49.5 Å². The number of nitrogens with zero attached hydrogens (tertiary/aromatic N) is 2. The van der Waals surface area contributed by atoms with Crippen LogP contribution in [-0.2, 0) is 9.53 Å². The molecule has 2 N–H and O–H groups in total. The fraction of sp³-hybridized carbons (Fsp3) is 0.462. The van der Waals surface area contributed by atoms with E-state index in [9.17, 15) is 4.79 Å². The van der Waals surface area contributed by atoms with E-state index in [1.807, 2.05) is 37.9 Å². The zero-order chi connectivity index (χ0) is 24.2. The lowest BCUT2D eigenvalue weighted by Crippen LogP contribution is -2.38. The number of likely N-dealkylation sites (N-methyl/N-ethyl adjacent to an activating group) is 1. The lowest BCUT2D eigenvalue weighted by molar-refractivity contribution is -0.130. The zero-order valence-corrected chi connectivity index (χ0v) is 21.9. The van der Waals surface area contributed by atoms with Crippen molar-refractivity contribution in [2.75, 3.05) is 26.7 Å². The molecule has 0 aliphatic carbocycles. The summed E-state index contributed by atoms with van der Waals surface area (Å²) in [6, 6.07) is 8.28. The molecule has 2 aliphatic heterocycles. The standard InChI is InChI=1S/C24H31BrN4O2.C2H6/c1-4-19(25)23-28-20(18-11-6-5-10-17(18)2)16-22(29(23)3)26-13-7-8-14-27-24(30)21-12-9-15-31-21;1-2/h4-6,10-11,16,21,28H,1,7-9,12-15H2,2-3H3,(H,27,30);1-2H3/b23-19+,26-22?;. The van der Waals surface area contributed by atoms with Crippen molar-refractivity contribution in [3.63, 3.8) is 0 Å². The lowest BCUT2D eigenvalue weighted by Gasteiger charge is -2.31. The minimum Gasteiger partial charge on any atom is -0.368 e. The predicted molar refractivity (Wildman–Crippen MR) is 141 cm³/mol. The fourth-order valence-corrected chi connectivity index (χ4v) is 3.98. The molecule has 1 amide bonds. The second-order valence-corrected chi connectivity index (χ2v) is 8.55. The van der Waals surface area contributed by atoms with Crippen molar-refractivity contribution >= 4 is 33.4 Å². The molecule has 6 nitrogen and oxygen atoms in total. The molecule has 0 radical (unpaired) electrons. The first-order valence-electron chi connectivity index (χ1n) is 11.8. The average Bonchev–Trinajstić information content (AvgIpc) is 3.38. The fourth-order valence-electron chi connectivity index (χ4n) is 3.62. The van der Waals surface area contributed by atoms with Gasteiger partial charge in [-0.1, -0.05) is 50.8 Å². The first-order chi connectivity index (χ1) is 16.0. The summed E-state index contributed by atoms with van der Waals surface area (Å²) in [7, 11) is 1.99. The summed E-state index contributed by atoms with van der Waals surface area (Å²) in [4.78, 5) is 18.8. The predicted octanol–water partition coefficient (Wildman–Crippen LogP) is 5.12. The highest BCUT2D eigenvalue weighted by molar-refractivity contribution is 9.11. The van der Waals surface area contributed by atoms with E-state index in [2.05, 4.69) is 58.3 Å². The molecule has 7 heteroatoms. The average molecular weight is 518 g/mol. The van der Waals surface area contributed by atoms with Crippen LogP contribution in [0.3, 0.4) is 0 Å². The number of benzene rings is 1. The van der Waals surface area contributed by atoms with Crippen molar-refractivity contribution < 1.29 is 9.53 Å². The van der Waals surface area contributed by atoms with Crippen LogP contribution in [0.25, 0.3) is 5.70 Å². The number of unbranched alkanes of at least 4 members (excludes halogenated alkanes) is 1. The van der Waals surface area contributed by atoms with Crippen LogP contribution in [0.15, 0.2) is 58.3 Å². The molecular weight excluding hydrogens is 480 g/mol. The van der Waals surface area contributed by atoms with Gasteiger partial charge >= 0.3 is 0 Å². The molecule has 2 aliphatic rings. The molecular formula is C26H37BrN4O2. The summed E-state index contributed by atoms with van der Waals surface area (Å²) in [5, 5.41) is 6.47. The zero-order valence-electron chi connectivity index (χ0n) is 20.3. The van der Waals surface area contributed by atoms with E-state index in [1.165, 1.54) is 5.56 Å². The number of ether oxygens (including phenoxy) is 1. The topological polar surface area (TPSA) is 66.0 Å². The normalized spacial score (nSPS) is 20.4. The third-order valence-corrected chi connectivity index (χ3v) is 6.13. The third kappa shape index (κ3) is 7.57. The van der Waals surface area contributed by atoms with Gasteiger partial charge in [-0.3, -0.25) is 9.79 Å². The molecule has 180 valence electrons. The van der Waals surface area contributed by atoms with E-state index in [-0.39, 0.29) is 12.0 Å². The Bertz CT molecular complexity index is 901. The summed E-state index contributed by atoms with van der Waals surface area (Å²) in [5.41, 5.74) is 3.34. The van der Waals surface area contributed by atoms with Crippen molar-refractivity contribution in [3.05, 3.63) is 64.4 Å². The van der Waals surface area contributed by atoms with Crippen LogP contribution in [0.1, 0.15) is 50.7 Å². The van der Waals surface area contributed by atoms with Crippen LogP contribution in [0.4, 0.5) is 0 Å². The van der Waals surface area contributed by atoms with Crippen molar-refractivity contribution in [3.8, 4) is 0 Å². The van der Waals surface area contributed by atoms with E-state index < -0.39 is 0 Å². The molecule has 3 rings (SSSR count). The minimum atomic E-state index is -0.262. The van der Waals surface area contributed by atoms with E-state index in [4.69, 9.17) is 9.73 Å². The van der Waals surface area contributed by atoms with Crippen LogP contribution >= 0.6 is 15.9 Å². The number of aliphatic imine (C=N–C) groups is 1. The number of halogens is 1. The number of amidine groups is 1. The summed E-state index contributed by atoms with van der Waals surface area (Å²) < 4.78 is 6.28. The van der Waals surface area contributed by atoms with Gasteiger partial charge in [0.25, 0.3) is 0 Å². The Morgan fingerprint density at radius 3 is 2.79 bits per heavy atom. The highest BCUT2D eigenvalue weighted by atomic mass is 79.9. The SMILES string of the molecule is C=C/C(Br)=C1/NC(c2ccccc2C)=CC(=NCCCCNC(=O)C2CCCO2)N1C.CC. The van der Waals surface area contributed by atoms with Crippen LogP contribution in [0, 0.1) is 6.92 Å². The molecule has 1 aromatic carbocycles. The monoisotopic (exact) mass is 516 g/mol. The molecule has 1 atom stereocenters. The van der Waals surface area contributed by atoms with E-state index >= 15 is 0 Å². The number of amides is 1. The van der Waals surface area contributed by atoms with Crippen molar-refractivity contribution in [2.45, 2.75) is 52.6 Å². The van der Waals surface area contributed by atoms with Crippen molar-refractivity contribution in [1.82, 2.24) is 15.5 Å². The molecule has 0 bridgehead atoms. The molecule has 1 saturated heterocycles. The number of carbonyl (C=O) groups excluding carboxylic acids is 1. The molecule has 0 spiro atoms. The van der Waals surface area contributed by atoms with Crippen molar-refractivity contribution in [1.29, 1.82) is 0 Å². The van der Waals surface area contributed by atoms with Gasteiger partial charge < -0.3 is 20.3 Å². The number of hydrogen-bond donors (Lipinski definition) is 2. The number of hydrogen-bond acceptors (Lipinski definition) is 4. The van der Waals surface area contributed by atoms with Crippen LogP contribution in [0.5, 0.6) is 0 Å². The Morgan fingerprint density at radius 2 is 2.12 bits per heavy atom. The van der Waals surface area contributed by atoms with Gasteiger partial charge in [0.2, 0.25) is 5.91 Å². The lowest BCUT2D eigenvalue weighted by atomic mass is 10.0.